The normalized spacial score (nSPS) is 27.6. The summed E-state index contributed by atoms with van der Waals surface area (Å²) in [6.45, 7) is 5.25. The van der Waals surface area contributed by atoms with Gasteiger partial charge in [0.15, 0.2) is 0 Å². The van der Waals surface area contributed by atoms with Crippen molar-refractivity contribution in [1.29, 1.82) is 0 Å². The van der Waals surface area contributed by atoms with Gasteiger partial charge in [0.25, 0.3) is 0 Å². The van der Waals surface area contributed by atoms with Crippen molar-refractivity contribution in [2.45, 2.75) is 38.3 Å². The number of phenols is 1. The Labute approximate surface area is 108 Å². The Bertz CT molecular complexity index is 431. The molecule has 1 aromatic carbocycles. The molecule has 1 aromatic rings. The van der Waals surface area contributed by atoms with Crippen LogP contribution in [0.25, 0.3) is 0 Å². The van der Waals surface area contributed by atoms with E-state index in [0.29, 0.717) is 11.8 Å². The molecule has 0 aromatic heterocycles. The lowest BCUT2D eigenvalue weighted by Crippen LogP contribution is -2.55. The lowest BCUT2D eigenvalue weighted by molar-refractivity contribution is -0.0741. The summed E-state index contributed by atoms with van der Waals surface area (Å²) in [7, 11) is 0. The van der Waals surface area contributed by atoms with Gasteiger partial charge >= 0.3 is 0 Å². The Kier molecular flexibility index (Phi) is 3.27. The number of rotatable bonds is 2. The summed E-state index contributed by atoms with van der Waals surface area (Å²) in [5.41, 5.74) is 2.39. The van der Waals surface area contributed by atoms with E-state index in [1.807, 2.05) is 6.07 Å². The molecule has 0 unspecified atom stereocenters. The van der Waals surface area contributed by atoms with Gasteiger partial charge in [0.05, 0.1) is 12.7 Å². The molecule has 2 aliphatic rings. The zero-order valence-electron chi connectivity index (χ0n) is 10.9. The summed E-state index contributed by atoms with van der Waals surface area (Å²) in [5, 5.41) is 9.95. The number of hydrogen-bond donors (Lipinski definition) is 1. The minimum absolute atomic E-state index is 0.256. The second-order valence-electron chi connectivity index (χ2n) is 5.34. The monoisotopic (exact) mass is 247 g/mol. The standard InChI is InChI=1S/C15H21NO2/c1-2-6-16-7-8-18-15-10-12-11(9-13(15)16)4-3-5-14(12)17/h3-5,13,15,17H,2,6-10H2,1H3/t13-,15-/m1/s1. The lowest BCUT2D eigenvalue weighted by Gasteiger charge is -2.44. The first-order valence-corrected chi connectivity index (χ1v) is 6.95. The van der Waals surface area contributed by atoms with Crippen LogP contribution in [0, 0.1) is 0 Å². The van der Waals surface area contributed by atoms with Crippen molar-refractivity contribution in [3.63, 3.8) is 0 Å². The first-order chi connectivity index (χ1) is 8.79. The van der Waals surface area contributed by atoms with Gasteiger partial charge in [-0.15, -0.1) is 0 Å². The van der Waals surface area contributed by atoms with Gasteiger partial charge in [-0.05, 0) is 36.6 Å². The van der Waals surface area contributed by atoms with Gasteiger partial charge in [-0.2, -0.15) is 0 Å². The highest BCUT2D eigenvalue weighted by atomic mass is 16.5. The average Bonchev–Trinajstić information content (AvgIpc) is 2.38. The van der Waals surface area contributed by atoms with Crippen molar-refractivity contribution in [1.82, 2.24) is 4.90 Å². The molecule has 0 radical (unpaired) electrons. The predicted octanol–water partition coefficient (Wildman–Crippen LogP) is 1.97. The van der Waals surface area contributed by atoms with Crippen LogP contribution in [0.15, 0.2) is 18.2 Å². The van der Waals surface area contributed by atoms with Crippen molar-refractivity contribution in [2.24, 2.45) is 0 Å². The molecule has 0 amide bonds. The third kappa shape index (κ3) is 2.02. The molecule has 1 heterocycles. The number of morpholine rings is 1. The number of nitrogens with zero attached hydrogens (tertiary/aromatic N) is 1. The number of benzene rings is 1. The summed E-state index contributed by atoms with van der Waals surface area (Å²) >= 11 is 0. The van der Waals surface area contributed by atoms with Crippen molar-refractivity contribution in [3.05, 3.63) is 29.3 Å². The van der Waals surface area contributed by atoms with E-state index in [4.69, 9.17) is 4.74 Å². The second-order valence-corrected chi connectivity index (χ2v) is 5.34. The zero-order valence-corrected chi connectivity index (χ0v) is 10.9. The number of fused-ring (bicyclic) bond motifs is 2. The fraction of sp³-hybridized carbons (Fsp3) is 0.600. The maximum Gasteiger partial charge on any atom is 0.119 e. The lowest BCUT2D eigenvalue weighted by atomic mass is 9.84. The van der Waals surface area contributed by atoms with E-state index in [0.717, 1.165) is 38.1 Å². The summed E-state index contributed by atoms with van der Waals surface area (Å²) < 4.78 is 5.92. The first kappa shape index (κ1) is 12.0. The third-order valence-electron chi connectivity index (χ3n) is 4.20. The van der Waals surface area contributed by atoms with Gasteiger partial charge in [-0.1, -0.05) is 19.1 Å². The average molecular weight is 247 g/mol. The van der Waals surface area contributed by atoms with Gasteiger partial charge in [0.1, 0.15) is 5.75 Å². The molecule has 3 heteroatoms. The fourth-order valence-corrected chi connectivity index (χ4v) is 3.33. The van der Waals surface area contributed by atoms with Crippen LogP contribution in [0.1, 0.15) is 24.5 Å². The van der Waals surface area contributed by atoms with Gasteiger partial charge in [0, 0.05) is 19.0 Å². The highest BCUT2D eigenvalue weighted by Gasteiger charge is 2.36. The molecule has 18 heavy (non-hydrogen) atoms. The molecular formula is C15H21NO2. The smallest absolute Gasteiger partial charge is 0.119 e. The van der Waals surface area contributed by atoms with E-state index in [9.17, 15) is 5.11 Å². The number of phenolic OH excluding ortho intramolecular Hbond substituents is 1. The van der Waals surface area contributed by atoms with E-state index in [-0.39, 0.29) is 6.10 Å². The Balaban J connectivity index is 1.88. The fourth-order valence-electron chi connectivity index (χ4n) is 3.33. The maximum absolute atomic E-state index is 9.95. The molecule has 0 spiro atoms. The van der Waals surface area contributed by atoms with E-state index in [2.05, 4.69) is 17.9 Å². The molecule has 1 aliphatic heterocycles. The molecular weight excluding hydrogens is 226 g/mol. The van der Waals surface area contributed by atoms with E-state index >= 15 is 0 Å². The highest BCUT2D eigenvalue weighted by Crippen LogP contribution is 2.33. The van der Waals surface area contributed by atoms with E-state index < -0.39 is 0 Å². The van der Waals surface area contributed by atoms with Crippen LogP contribution in [-0.2, 0) is 17.6 Å². The Morgan fingerprint density at radius 3 is 3.11 bits per heavy atom. The predicted molar refractivity (Wildman–Crippen MR) is 70.9 cm³/mol. The van der Waals surface area contributed by atoms with Crippen LogP contribution in [0.5, 0.6) is 5.75 Å². The maximum atomic E-state index is 9.95. The Morgan fingerprint density at radius 2 is 2.28 bits per heavy atom. The molecule has 0 bridgehead atoms. The first-order valence-electron chi connectivity index (χ1n) is 6.95. The zero-order chi connectivity index (χ0) is 12.5. The molecule has 2 atom stereocenters. The largest absolute Gasteiger partial charge is 0.508 e. The molecule has 1 fully saturated rings. The van der Waals surface area contributed by atoms with Gasteiger partial charge in [0.2, 0.25) is 0 Å². The quantitative estimate of drug-likeness (QED) is 0.867. The summed E-state index contributed by atoms with van der Waals surface area (Å²) in [6, 6.07) is 6.37. The van der Waals surface area contributed by atoms with Crippen LogP contribution in [-0.4, -0.2) is 41.8 Å². The Hall–Kier alpha value is -1.06. The second kappa shape index (κ2) is 4.90. The van der Waals surface area contributed by atoms with E-state index in [1.54, 1.807) is 6.07 Å². The van der Waals surface area contributed by atoms with Crippen molar-refractivity contribution in [3.8, 4) is 5.75 Å². The number of aromatic hydroxyl groups is 1. The Morgan fingerprint density at radius 1 is 1.39 bits per heavy atom. The van der Waals surface area contributed by atoms with Crippen molar-refractivity contribution < 1.29 is 9.84 Å². The molecule has 98 valence electrons. The van der Waals surface area contributed by atoms with Crippen LogP contribution in [0.3, 0.4) is 0 Å². The molecule has 1 N–H and O–H groups in total. The molecule has 0 saturated carbocycles. The minimum Gasteiger partial charge on any atom is -0.508 e. The summed E-state index contributed by atoms with van der Waals surface area (Å²) in [4.78, 5) is 2.56. The van der Waals surface area contributed by atoms with E-state index in [1.165, 1.54) is 12.0 Å². The van der Waals surface area contributed by atoms with Crippen molar-refractivity contribution in [2.75, 3.05) is 19.7 Å². The SMILES string of the molecule is CCCN1CCO[C@@H]2Cc3c(O)cccc3C[C@H]21. The van der Waals surface area contributed by atoms with Crippen molar-refractivity contribution >= 4 is 0 Å². The topological polar surface area (TPSA) is 32.7 Å². The van der Waals surface area contributed by atoms with Gasteiger partial charge < -0.3 is 9.84 Å². The number of ether oxygens (including phenoxy) is 1. The van der Waals surface area contributed by atoms with Gasteiger partial charge in [-0.3, -0.25) is 4.90 Å². The minimum atomic E-state index is 0.256. The molecule has 1 aliphatic carbocycles. The highest BCUT2D eigenvalue weighted by molar-refractivity contribution is 5.42. The molecule has 3 nitrogen and oxygen atoms in total. The van der Waals surface area contributed by atoms with Crippen LogP contribution >= 0.6 is 0 Å². The molecule has 3 rings (SSSR count). The van der Waals surface area contributed by atoms with Crippen LogP contribution in [0.4, 0.5) is 0 Å². The summed E-state index contributed by atoms with van der Waals surface area (Å²) in [6.07, 6.45) is 3.31. The third-order valence-corrected chi connectivity index (χ3v) is 4.20. The summed E-state index contributed by atoms with van der Waals surface area (Å²) in [5.74, 6) is 0.433. The van der Waals surface area contributed by atoms with Crippen LogP contribution < -0.4 is 0 Å². The van der Waals surface area contributed by atoms with Crippen LogP contribution in [0.2, 0.25) is 0 Å². The number of hydrogen-bond acceptors (Lipinski definition) is 3. The van der Waals surface area contributed by atoms with Gasteiger partial charge in [-0.25, -0.2) is 0 Å². The molecule has 1 saturated heterocycles.